The fraction of sp³-hybridized carbons (Fsp3) is 0.250. The molecule has 0 unspecified atom stereocenters. The van der Waals surface area contributed by atoms with Crippen molar-refractivity contribution in [2.45, 2.75) is 6.42 Å². The molecule has 6 nitrogen and oxygen atoms in total. The van der Waals surface area contributed by atoms with Gasteiger partial charge >= 0.3 is 0 Å². The van der Waals surface area contributed by atoms with Crippen LogP contribution in [0.5, 0.6) is 0 Å². The van der Waals surface area contributed by atoms with Crippen molar-refractivity contribution < 1.29 is 4.79 Å². The summed E-state index contributed by atoms with van der Waals surface area (Å²) >= 11 is 0. The minimum Gasteiger partial charge on any atom is -0.369 e. The van der Waals surface area contributed by atoms with Gasteiger partial charge in [0.15, 0.2) is 0 Å². The van der Waals surface area contributed by atoms with E-state index >= 15 is 0 Å². The molecule has 0 bridgehead atoms. The first kappa shape index (κ1) is 22.0. The Hall–Kier alpha value is -3.77. The molecule has 34 heavy (non-hydrogen) atoms. The number of hydrogen-bond acceptors (Lipinski definition) is 5. The third kappa shape index (κ3) is 5.07. The molecule has 4 aromatic rings. The zero-order valence-corrected chi connectivity index (χ0v) is 19.2. The first-order chi connectivity index (χ1) is 16.8. The van der Waals surface area contributed by atoms with Crippen LogP contribution < -0.4 is 10.2 Å². The van der Waals surface area contributed by atoms with Crippen molar-refractivity contribution in [3.63, 3.8) is 0 Å². The quantitative estimate of drug-likeness (QED) is 0.426. The molecule has 2 aromatic carbocycles. The monoisotopic (exact) mass is 451 g/mol. The van der Waals surface area contributed by atoms with Gasteiger partial charge in [-0.3, -0.25) is 14.7 Å². The van der Waals surface area contributed by atoms with E-state index < -0.39 is 0 Å². The van der Waals surface area contributed by atoms with Gasteiger partial charge in [-0.2, -0.15) is 0 Å². The fourth-order valence-corrected chi connectivity index (χ4v) is 4.50. The highest BCUT2D eigenvalue weighted by Crippen LogP contribution is 2.24. The number of rotatable bonds is 7. The maximum Gasteiger partial charge on any atom is 0.252 e. The summed E-state index contributed by atoms with van der Waals surface area (Å²) in [5.41, 5.74) is 4.50. The SMILES string of the molecule is O=C(NCCCN1CCN(c2ccccc2)CC1)c1cc(-c2ccncc2)nc2ccccc12. The number of nitrogens with zero attached hydrogens (tertiary/aromatic N) is 4. The molecule has 1 fully saturated rings. The van der Waals surface area contributed by atoms with E-state index in [4.69, 9.17) is 4.98 Å². The minimum absolute atomic E-state index is 0.0530. The van der Waals surface area contributed by atoms with Gasteiger partial charge in [-0.15, -0.1) is 0 Å². The highest BCUT2D eigenvalue weighted by atomic mass is 16.1. The Morgan fingerprint density at radius 3 is 2.41 bits per heavy atom. The van der Waals surface area contributed by atoms with Gasteiger partial charge in [-0.1, -0.05) is 36.4 Å². The number of para-hydroxylation sites is 2. The summed E-state index contributed by atoms with van der Waals surface area (Å²) in [6, 6.07) is 24.1. The summed E-state index contributed by atoms with van der Waals surface area (Å²) in [7, 11) is 0. The van der Waals surface area contributed by atoms with Crippen molar-refractivity contribution in [2.75, 3.05) is 44.2 Å². The van der Waals surface area contributed by atoms with E-state index in [0.29, 0.717) is 12.1 Å². The summed E-state index contributed by atoms with van der Waals surface area (Å²) in [5, 5.41) is 4.00. The molecule has 0 aliphatic carbocycles. The summed E-state index contributed by atoms with van der Waals surface area (Å²) in [4.78, 5) is 26.9. The Balaban J connectivity index is 1.17. The lowest BCUT2D eigenvalue weighted by Gasteiger charge is -2.36. The molecule has 0 atom stereocenters. The molecule has 172 valence electrons. The normalized spacial score (nSPS) is 14.3. The van der Waals surface area contributed by atoms with Gasteiger partial charge in [-0.05, 0) is 49.4 Å². The van der Waals surface area contributed by atoms with Crippen LogP contribution in [0.1, 0.15) is 16.8 Å². The van der Waals surface area contributed by atoms with Gasteiger partial charge in [0, 0.05) is 61.8 Å². The molecule has 0 radical (unpaired) electrons. The van der Waals surface area contributed by atoms with Crippen molar-refractivity contribution in [1.29, 1.82) is 0 Å². The molecule has 1 saturated heterocycles. The van der Waals surface area contributed by atoms with Crippen LogP contribution in [0.4, 0.5) is 5.69 Å². The average molecular weight is 452 g/mol. The number of piperazine rings is 1. The first-order valence-corrected chi connectivity index (χ1v) is 11.9. The van der Waals surface area contributed by atoms with Crippen molar-refractivity contribution in [3.8, 4) is 11.3 Å². The number of carbonyl (C=O) groups is 1. The number of amides is 1. The van der Waals surface area contributed by atoms with E-state index in [1.807, 2.05) is 42.5 Å². The molecule has 1 aliphatic rings. The van der Waals surface area contributed by atoms with E-state index in [2.05, 4.69) is 50.4 Å². The number of fused-ring (bicyclic) bond motifs is 1. The Labute approximate surface area is 200 Å². The van der Waals surface area contributed by atoms with Gasteiger partial charge in [0.2, 0.25) is 0 Å². The van der Waals surface area contributed by atoms with Gasteiger partial charge in [0.25, 0.3) is 5.91 Å². The minimum atomic E-state index is -0.0530. The summed E-state index contributed by atoms with van der Waals surface area (Å²) in [5.74, 6) is -0.0530. The van der Waals surface area contributed by atoms with Crippen LogP contribution in [0, 0.1) is 0 Å². The Morgan fingerprint density at radius 2 is 1.62 bits per heavy atom. The standard InChI is InChI=1S/C28H29N5O/c34-28(30-13-6-16-32-17-19-33(20-18-32)23-7-2-1-3-8-23)25-21-27(22-11-14-29-15-12-22)31-26-10-5-4-9-24(25)26/h1-5,7-12,14-15,21H,6,13,16-20H2,(H,30,34). The van der Waals surface area contributed by atoms with Crippen LogP contribution in [0.3, 0.4) is 0 Å². The van der Waals surface area contributed by atoms with Crippen LogP contribution in [0.15, 0.2) is 85.2 Å². The second kappa shape index (κ2) is 10.4. The molecule has 5 rings (SSSR count). The zero-order chi connectivity index (χ0) is 23.2. The lowest BCUT2D eigenvalue weighted by Crippen LogP contribution is -2.47. The van der Waals surface area contributed by atoms with E-state index in [-0.39, 0.29) is 5.91 Å². The molecular weight excluding hydrogens is 422 g/mol. The number of aromatic nitrogens is 2. The number of pyridine rings is 2. The lowest BCUT2D eigenvalue weighted by atomic mass is 10.0. The van der Waals surface area contributed by atoms with Gasteiger partial charge < -0.3 is 10.2 Å². The van der Waals surface area contributed by atoms with E-state index in [9.17, 15) is 4.79 Å². The molecule has 2 aromatic heterocycles. The largest absolute Gasteiger partial charge is 0.369 e. The fourth-order valence-electron chi connectivity index (χ4n) is 4.50. The highest BCUT2D eigenvalue weighted by Gasteiger charge is 2.17. The van der Waals surface area contributed by atoms with Crippen LogP contribution >= 0.6 is 0 Å². The molecular formula is C28H29N5O. The van der Waals surface area contributed by atoms with Crippen molar-refractivity contribution in [2.24, 2.45) is 0 Å². The maximum atomic E-state index is 13.1. The molecule has 1 N–H and O–H groups in total. The predicted molar refractivity (Wildman–Crippen MR) is 137 cm³/mol. The number of anilines is 1. The summed E-state index contributed by atoms with van der Waals surface area (Å²) < 4.78 is 0. The Bertz CT molecular complexity index is 1240. The van der Waals surface area contributed by atoms with Crippen molar-refractivity contribution in [1.82, 2.24) is 20.2 Å². The van der Waals surface area contributed by atoms with Gasteiger partial charge in [0.1, 0.15) is 0 Å². The number of carbonyl (C=O) groups excluding carboxylic acids is 1. The molecule has 3 heterocycles. The van der Waals surface area contributed by atoms with E-state index in [1.54, 1.807) is 12.4 Å². The summed E-state index contributed by atoms with van der Waals surface area (Å²) in [6.07, 6.45) is 4.41. The van der Waals surface area contributed by atoms with Crippen LogP contribution in [-0.4, -0.2) is 60.0 Å². The summed E-state index contributed by atoms with van der Waals surface area (Å²) in [6.45, 7) is 5.82. The van der Waals surface area contributed by atoms with Gasteiger partial charge in [0.05, 0.1) is 16.8 Å². The van der Waals surface area contributed by atoms with Crippen LogP contribution in [0.25, 0.3) is 22.2 Å². The second-order valence-corrected chi connectivity index (χ2v) is 8.58. The topological polar surface area (TPSA) is 61.4 Å². The zero-order valence-electron chi connectivity index (χ0n) is 19.2. The number of nitrogens with one attached hydrogen (secondary N) is 1. The first-order valence-electron chi connectivity index (χ1n) is 11.9. The Kier molecular flexibility index (Phi) is 6.77. The van der Waals surface area contributed by atoms with Crippen LogP contribution in [-0.2, 0) is 0 Å². The lowest BCUT2D eigenvalue weighted by molar-refractivity contribution is 0.0953. The molecule has 6 heteroatoms. The average Bonchev–Trinajstić information content (AvgIpc) is 2.91. The van der Waals surface area contributed by atoms with Gasteiger partial charge in [-0.25, -0.2) is 4.98 Å². The van der Waals surface area contributed by atoms with E-state index in [1.165, 1.54) is 5.69 Å². The van der Waals surface area contributed by atoms with E-state index in [0.717, 1.165) is 61.3 Å². The maximum absolute atomic E-state index is 13.1. The molecule has 1 aliphatic heterocycles. The molecule has 0 saturated carbocycles. The highest BCUT2D eigenvalue weighted by molar-refractivity contribution is 6.07. The Morgan fingerprint density at radius 1 is 0.882 bits per heavy atom. The number of benzene rings is 2. The number of hydrogen-bond donors (Lipinski definition) is 1. The third-order valence-corrected chi connectivity index (χ3v) is 6.37. The third-order valence-electron chi connectivity index (χ3n) is 6.37. The predicted octanol–water partition coefficient (Wildman–Crippen LogP) is 4.24. The van der Waals surface area contributed by atoms with Crippen molar-refractivity contribution in [3.05, 3.63) is 90.8 Å². The second-order valence-electron chi connectivity index (χ2n) is 8.58. The molecule has 1 amide bonds. The van der Waals surface area contributed by atoms with Crippen molar-refractivity contribution >= 4 is 22.5 Å². The van der Waals surface area contributed by atoms with Crippen LogP contribution in [0.2, 0.25) is 0 Å². The molecule has 0 spiro atoms. The smallest absolute Gasteiger partial charge is 0.252 e.